The first-order chi connectivity index (χ1) is 5.09. The molecule has 0 aliphatic rings. The third kappa shape index (κ3) is 3.64. The van der Waals surface area contributed by atoms with Crippen molar-refractivity contribution in [3.8, 4) is 12.3 Å². The van der Waals surface area contributed by atoms with Crippen molar-refractivity contribution in [3.63, 3.8) is 0 Å². The predicted molar refractivity (Wildman–Crippen MR) is 45.0 cm³/mol. The van der Waals surface area contributed by atoms with E-state index in [1.54, 1.807) is 21.0 Å². The lowest BCUT2D eigenvalue weighted by Gasteiger charge is -2.16. The van der Waals surface area contributed by atoms with Crippen LogP contribution < -0.4 is 5.32 Å². The summed E-state index contributed by atoms with van der Waals surface area (Å²) in [5.41, 5.74) is 0. The van der Waals surface area contributed by atoms with Gasteiger partial charge in [-0.15, -0.1) is 6.42 Å². The Labute approximate surface area is 67.8 Å². The summed E-state index contributed by atoms with van der Waals surface area (Å²) >= 11 is 0. The zero-order valence-corrected chi connectivity index (χ0v) is 7.22. The number of nitrogens with one attached hydrogen (secondary N) is 1. The Bertz CT molecular complexity index is 169. The van der Waals surface area contributed by atoms with Gasteiger partial charge in [0.25, 0.3) is 0 Å². The summed E-state index contributed by atoms with van der Waals surface area (Å²) < 4.78 is 0. The van der Waals surface area contributed by atoms with Gasteiger partial charge in [0.1, 0.15) is 0 Å². The molecule has 0 saturated carbocycles. The summed E-state index contributed by atoms with van der Waals surface area (Å²) in [6.07, 6.45) is 5.02. The summed E-state index contributed by atoms with van der Waals surface area (Å²) in [6.45, 7) is 2.22. The topological polar surface area (TPSA) is 32.3 Å². The first-order valence-electron chi connectivity index (χ1n) is 3.47. The number of nitrogens with zero attached hydrogens (tertiary/aromatic N) is 1. The zero-order valence-electron chi connectivity index (χ0n) is 7.22. The Morgan fingerprint density at radius 1 is 1.73 bits per heavy atom. The highest BCUT2D eigenvalue weighted by Gasteiger charge is 2.12. The Hall–Kier alpha value is -1.01. The Kier molecular flexibility index (Phi) is 4.32. The maximum atomic E-state index is 11.1. The monoisotopic (exact) mass is 154 g/mol. The molecule has 0 aromatic heterocycles. The molecule has 0 aliphatic heterocycles. The molecule has 0 saturated heterocycles. The van der Waals surface area contributed by atoms with E-state index in [1.165, 1.54) is 4.90 Å². The van der Waals surface area contributed by atoms with Gasteiger partial charge in [-0.25, -0.2) is 0 Å². The number of rotatable bonds is 3. The van der Waals surface area contributed by atoms with Gasteiger partial charge in [-0.05, 0) is 6.92 Å². The zero-order chi connectivity index (χ0) is 8.85. The van der Waals surface area contributed by atoms with E-state index in [-0.39, 0.29) is 11.9 Å². The molecule has 62 valence electrons. The molecule has 11 heavy (non-hydrogen) atoms. The van der Waals surface area contributed by atoms with Gasteiger partial charge in [-0.3, -0.25) is 10.1 Å². The average Bonchev–Trinajstić information content (AvgIpc) is 1.98. The standard InChI is InChI=1S/C8H14N2O/c1-5-6-9-7(2)8(11)10(3)4/h1,7,9H,6H2,2-4H3. The fourth-order valence-electron chi connectivity index (χ4n) is 0.687. The van der Waals surface area contributed by atoms with Crippen LogP contribution in [0.4, 0.5) is 0 Å². The maximum absolute atomic E-state index is 11.1. The number of hydrogen-bond acceptors (Lipinski definition) is 2. The van der Waals surface area contributed by atoms with Crippen molar-refractivity contribution < 1.29 is 4.79 Å². The average molecular weight is 154 g/mol. The van der Waals surface area contributed by atoms with Crippen LogP contribution in [0.15, 0.2) is 0 Å². The van der Waals surface area contributed by atoms with E-state index in [4.69, 9.17) is 6.42 Å². The Morgan fingerprint density at radius 3 is 2.64 bits per heavy atom. The largest absolute Gasteiger partial charge is 0.347 e. The Balaban J connectivity index is 3.75. The summed E-state index contributed by atoms with van der Waals surface area (Å²) in [5.74, 6) is 2.45. The van der Waals surface area contributed by atoms with Gasteiger partial charge in [0.2, 0.25) is 5.91 Å². The van der Waals surface area contributed by atoms with Crippen molar-refractivity contribution >= 4 is 5.91 Å². The Morgan fingerprint density at radius 2 is 2.27 bits per heavy atom. The van der Waals surface area contributed by atoms with Crippen molar-refractivity contribution in [3.05, 3.63) is 0 Å². The lowest BCUT2D eigenvalue weighted by Crippen LogP contribution is -2.41. The molecule has 1 atom stereocenters. The second-order valence-corrected chi connectivity index (χ2v) is 2.54. The molecule has 0 rings (SSSR count). The van der Waals surface area contributed by atoms with Gasteiger partial charge in [0, 0.05) is 14.1 Å². The molecule has 1 N–H and O–H groups in total. The highest BCUT2D eigenvalue weighted by atomic mass is 16.2. The third-order valence-electron chi connectivity index (χ3n) is 1.32. The number of likely N-dealkylation sites (N-methyl/N-ethyl adjacent to an activating group) is 1. The SMILES string of the molecule is C#CCNC(C)C(=O)N(C)C. The highest BCUT2D eigenvalue weighted by Crippen LogP contribution is 1.86. The van der Waals surface area contributed by atoms with Crippen molar-refractivity contribution in [2.75, 3.05) is 20.6 Å². The quantitative estimate of drug-likeness (QED) is 0.565. The molecule has 1 amide bonds. The molecule has 0 radical (unpaired) electrons. The second-order valence-electron chi connectivity index (χ2n) is 2.54. The minimum absolute atomic E-state index is 0.0419. The van der Waals surface area contributed by atoms with Crippen molar-refractivity contribution in [1.29, 1.82) is 0 Å². The van der Waals surface area contributed by atoms with E-state index in [0.29, 0.717) is 6.54 Å². The van der Waals surface area contributed by atoms with E-state index in [9.17, 15) is 4.79 Å². The summed E-state index contributed by atoms with van der Waals surface area (Å²) in [4.78, 5) is 12.7. The van der Waals surface area contributed by atoms with Gasteiger partial charge in [0.05, 0.1) is 12.6 Å². The molecule has 3 heteroatoms. The van der Waals surface area contributed by atoms with Crippen LogP contribution in [0.3, 0.4) is 0 Å². The van der Waals surface area contributed by atoms with Gasteiger partial charge >= 0.3 is 0 Å². The van der Waals surface area contributed by atoms with E-state index in [2.05, 4.69) is 11.2 Å². The maximum Gasteiger partial charge on any atom is 0.238 e. The van der Waals surface area contributed by atoms with Crippen LogP contribution in [-0.4, -0.2) is 37.5 Å². The second kappa shape index (κ2) is 4.75. The molecule has 0 aromatic carbocycles. The highest BCUT2D eigenvalue weighted by molar-refractivity contribution is 5.80. The summed E-state index contributed by atoms with van der Waals surface area (Å²) in [6, 6.07) is -0.193. The molecule has 0 bridgehead atoms. The molecule has 0 aromatic rings. The normalized spacial score (nSPS) is 11.8. The van der Waals surface area contributed by atoms with Gasteiger partial charge < -0.3 is 4.90 Å². The third-order valence-corrected chi connectivity index (χ3v) is 1.32. The molecule has 1 unspecified atom stereocenters. The van der Waals surface area contributed by atoms with Gasteiger partial charge in [-0.2, -0.15) is 0 Å². The first-order valence-corrected chi connectivity index (χ1v) is 3.47. The van der Waals surface area contributed by atoms with E-state index < -0.39 is 0 Å². The van der Waals surface area contributed by atoms with Crippen LogP contribution in [0.2, 0.25) is 0 Å². The van der Waals surface area contributed by atoms with Gasteiger partial charge in [-0.1, -0.05) is 5.92 Å². The molecular formula is C8H14N2O. The molecule has 3 nitrogen and oxygen atoms in total. The molecular weight excluding hydrogens is 140 g/mol. The first kappa shape index (κ1) is 9.99. The van der Waals surface area contributed by atoms with Crippen LogP contribution in [0.25, 0.3) is 0 Å². The van der Waals surface area contributed by atoms with Crippen LogP contribution in [0.5, 0.6) is 0 Å². The summed E-state index contributed by atoms with van der Waals surface area (Å²) in [5, 5.41) is 2.89. The molecule has 0 heterocycles. The lowest BCUT2D eigenvalue weighted by atomic mass is 10.3. The van der Waals surface area contributed by atoms with Crippen molar-refractivity contribution in [1.82, 2.24) is 10.2 Å². The number of terminal acetylenes is 1. The number of hydrogen-bond donors (Lipinski definition) is 1. The van der Waals surface area contributed by atoms with Crippen LogP contribution in [0.1, 0.15) is 6.92 Å². The lowest BCUT2D eigenvalue weighted by molar-refractivity contribution is -0.130. The molecule has 0 fully saturated rings. The van der Waals surface area contributed by atoms with Crippen LogP contribution in [0, 0.1) is 12.3 Å². The van der Waals surface area contributed by atoms with E-state index in [1.807, 2.05) is 0 Å². The van der Waals surface area contributed by atoms with E-state index >= 15 is 0 Å². The van der Waals surface area contributed by atoms with Crippen LogP contribution in [-0.2, 0) is 4.79 Å². The molecule has 0 spiro atoms. The fourth-order valence-corrected chi connectivity index (χ4v) is 0.687. The number of carbonyl (C=O) groups is 1. The minimum Gasteiger partial charge on any atom is -0.347 e. The molecule has 0 aliphatic carbocycles. The van der Waals surface area contributed by atoms with Crippen molar-refractivity contribution in [2.45, 2.75) is 13.0 Å². The number of carbonyl (C=O) groups excluding carboxylic acids is 1. The van der Waals surface area contributed by atoms with E-state index in [0.717, 1.165) is 0 Å². The minimum atomic E-state index is -0.193. The van der Waals surface area contributed by atoms with Crippen LogP contribution >= 0.6 is 0 Å². The number of amides is 1. The predicted octanol–water partition coefficient (Wildman–Crippen LogP) is -0.314. The van der Waals surface area contributed by atoms with Gasteiger partial charge in [0.15, 0.2) is 0 Å². The summed E-state index contributed by atoms with van der Waals surface area (Å²) in [7, 11) is 3.44. The van der Waals surface area contributed by atoms with Crippen molar-refractivity contribution in [2.24, 2.45) is 0 Å². The fraction of sp³-hybridized carbons (Fsp3) is 0.625. The smallest absolute Gasteiger partial charge is 0.238 e.